The van der Waals surface area contributed by atoms with Crippen LogP contribution in [0.4, 0.5) is 0 Å². The third kappa shape index (κ3) is 4.19. The first-order valence-corrected chi connectivity index (χ1v) is 10.1. The summed E-state index contributed by atoms with van der Waals surface area (Å²) in [6.45, 7) is 2.73. The topological polar surface area (TPSA) is 58.6 Å². The van der Waals surface area contributed by atoms with Gasteiger partial charge >= 0.3 is 0 Å². The average molecular weight is 378 g/mol. The Morgan fingerprint density at radius 2 is 1.79 bits per heavy atom. The quantitative estimate of drug-likeness (QED) is 0.889. The predicted octanol–water partition coefficient (Wildman–Crippen LogP) is 3.18. The lowest BCUT2D eigenvalue weighted by atomic mass is 9.96. The highest BCUT2D eigenvalue weighted by atomic mass is 16.5. The largest absolute Gasteiger partial charge is 0.493 e. The number of nitrogens with zero attached hydrogens (tertiary/aromatic N) is 1. The molecule has 5 nitrogen and oxygen atoms in total. The van der Waals surface area contributed by atoms with E-state index in [2.05, 4.69) is 5.32 Å². The molecule has 2 aromatic carbocycles. The summed E-state index contributed by atoms with van der Waals surface area (Å²) >= 11 is 0. The number of rotatable bonds is 4. The van der Waals surface area contributed by atoms with Gasteiger partial charge in [-0.25, -0.2) is 0 Å². The number of nitrogens with one attached hydrogen (secondary N) is 1. The summed E-state index contributed by atoms with van der Waals surface area (Å²) in [5.41, 5.74) is 2.80. The lowest BCUT2D eigenvalue weighted by Gasteiger charge is -2.16. The molecule has 0 aromatic heterocycles. The van der Waals surface area contributed by atoms with Crippen LogP contribution in [0.5, 0.6) is 5.75 Å². The van der Waals surface area contributed by atoms with Crippen molar-refractivity contribution >= 4 is 11.8 Å². The van der Waals surface area contributed by atoms with E-state index < -0.39 is 0 Å². The van der Waals surface area contributed by atoms with Crippen molar-refractivity contribution in [3.63, 3.8) is 0 Å². The minimum Gasteiger partial charge on any atom is -0.493 e. The number of benzene rings is 2. The van der Waals surface area contributed by atoms with E-state index in [1.54, 1.807) is 0 Å². The zero-order valence-electron chi connectivity index (χ0n) is 16.0. The van der Waals surface area contributed by atoms with Crippen LogP contribution in [-0.4, -0.2) is 36.4 Å². The summed E-state index contributed by atoms with van der Waals surface area (Å²) < 4.78 is 5.75. The summed E-state index contributed by atoms with van der Waals surface area (Å²) in [7, 11) is 0. The van der Waals surface area contributed by atoms with Crippen LogP contribution in [0.2, 0.25) is 0 Å². The van der Waals surface area contributed by atoms with Crippen molar-refractivity contribution in [1.29, 1.82) is 0 Å². The zero-order valence-corrected chi connectivity index (χ0v) is 16.0. The maximum Gasteiger partial charge on any atom is 0.253 e. The van der Waals surface area contributed by atoms with Gasteiger partial charge in [-0.1, -0.05) is 30.3 Å². The molecule has 2 amide bonds. The molecule has 5 heteroatoms. The second kappa shape index (κ2) is 8.46. The van der Waals surface area contributed by atoms with Gasteiger partial charge in [0.05, 0.1) is 6.61 Å². The highest BCUT2D eigenvalue weighted by Crippen LogP contribution is 2.26. The summed E-state index contributed by atoms with van der Waals surface area (Å²) in [5.74, 6) is 0.957. The fourth-order valence-corrected chi connectivity index (χ4v) is 3.92. The molecular formula is C23H26N2O3. The van der Waals surface area contributed by atoms with Crippen LogP contribution >= 0.6 is 0 Å². The van der Waals surface area contributed by atoms with Crippen LogP contribution in [0.25, 0.3) is 0 Å². The van der Waals surface area contributed by atoms with E-state index in [-0.39, 0.29) is 17.7 Å². The lowest BCUT2D eigenvalue weighted by Crippen LogP contribution is -2.32. The molecule has 0 spiro atoms. The number of para-hydroxylation sites is 1. The molecule has 1 saturated heterocycles. The van der Waals surface area contributed by atoms with Crippen molar-refractivity contribution in [3.8, 4) is 5.75 Å². The molecule has 2 heterocycles. The lowest BCUT2D eigenvalue weighted by molar-refractivity contribution is -0.125. The monoisotopic (exact) mass is 378 g/mol. The first-order valence-electron chi connectivity index (χ1n) is 10.1. The van der Waals surface area contributed by atoms with Gasteiger partial charge in [0, 0.05) is 31.1 Å². The molecule has 4 rings (SSSR count). The van der Waals surface area contributed by atoms with Gasteiger partial charge in [0.1, 0.15) is 5.75 Å². The standard InChI is InChI=1S/C23H26N2O3/c26-22(20-11-14-28-21-6-2-1-5-19(21)15-20)24-16-17-7-9-18(10-8-17)23(27)25-12-3-4-13-25/h1-2,5-10,20H,3-4,11-16H2,(H,24,26). The SMILES string of the molecule is O=C(NCc1ccc(C(=O)N2CCCC2)cc1)C1CCOc2ccccc2C1. The second-order valence-electron chi connectivity index (χ2n) is 7.56. The van der Waals surface area contributed by atoms with Crippen LogP contribution in [0.3, 0.4) is 0 Å². The van der Waals surface area contributed by atoms with Crippen molar-refractivity contribution in [2.45, 2.75) is 32.2 Å². The molecule has 2 aliphatic heterocycles. The third-order valence-corrected chi connectivity index (χ3v) is 5.59. The van der Waals surface area contributed by atoms with Gasteiger partial charge in [-0.3, -0.25) is 9.59 Å². The van der Waals surface area contributed by atoms with Crippen LogP contribution in [0.1, 0.15) is 40.7 Å². The fraction of sp³-hybridized carbons (Fsp3) is 0.391. The van der Waals surface area contributed by atoms with Crippen LogP contribution in [0.15, 0.2) is 48.5 Å². The Bertz CT molecular complexity index is 841. The maximum absolute atomic E-state index is 12.7. The van der Waals surface area contributed by atoms with E-state index in [4.69, 9.17) is 4.74 Å². The Morgan fingerprint density at radius 1 is 1.04 bits per heavy atom. The predicted molar refractivity (Wildman–Crippen MR) is 107 cm³/mol. The smallest absolute Gasteiger partial charge is 0.253 e. The molecule has 0 radical (unpaired) electrons. The van der Waals surface area contributed by atoms with Gasteiger partial charge in [0.2, 0.25) is 5.91 Å². The molecule has 1 N–H and O–H groups in total. The van der Waals surface area contributed by atoms with Crippen molar-refractivity contribution in [2.24, 2.45) is 5.92 Å². The second-order valence-corrected chi connectivity index (χ2v) is 7.56. The molecule has 1 atom stereocenters. The van der Waals surface area contributed by atoms with Gasteiger partial charge in [0.25, 0.3) is 5.91 Å². The Hall–Kier alpha value is -2.82. The molecule has 0 aliphatic carbocycles. The van der Waals surface area contributed by atoms with Gasteiger partial charge < -0.3 is 15.0 Å². The van der Waals surface area contributed by atoms with Crippen molar-refractivity contribution in [1.82, 2.24) is 10.2 Å². The van der Waals surface area contributed by atoms with E-state index in [1.807, 2.05) is 53.4 Å². The number of carbonyl (C=O) groups is 2. The van der Waals surface area contributed by atoms with E-state index in [0.29, 0.717) is 26.0 Å². The Kier molecular flexibility index (Phi) is 5.60. The van der Waals surface area contributed by atoms with Crippen molar-refractivity contribution < 1.29 is 14.3 Å². The van der Waals surface area contributed by atoms with Gasteiger partial charge in [-0.05, 0) is 55.0 Å². The van der Waals surface area contributed by atoms with E-state index in [1.165, 1.54) is 0 Å². The van der Waals surface area contributed by atoms with E-state index >= 15 is 0 Å². The van der Waals surface area contributed by atoms with Gasteiger partial charge in [0.15, 0.2) is 0 Å². The molecule has 1 fully saturated rings. The highest BCUT2D eigenvalue weighted by molar-refractivity contribution is 5.94. The molecule has 2 aromatic rings. The minimum atomic E-state index is -0.0836. The first-order chi connectivity index (χ1) is 13.7. The molecule has 1 unspecified atom stereocenters. The van der Waals surface area contributed by atoms with Crippen LogP contribution in [-0.2, 0) is 17.8 Å². The Balaban J connectivity index is 1.32. The number of ether oxygens (including phenoxy) is 1. The molecule has 28 heavy (non-hydrogen) atoms. The molecule has 0 saturated carbocycles. The summed E-state index contributed by atoms with van der Waals surface area (Å²) in [4.78, 5) is 27.0. The maximum atomic E-state index is 12.7. The van der Waals surface area contributed by atoms with Crippen molar-refractivity contribution in [2.75, 3.05) is 19.7 Å². The van der Waals surface area contributed by atoms with Gasteiger partial charge in [-0.15, -0.1) is 0 Å². The first kappa shape index (κ1) is 18.5. The van der Waals surface area contributed by atoms with E-state index in [9.17, 15) is 9.59 Å². The Morgan fingerprint density at radius 3 is 2.57 bits per heavy atom. The summed E-state index contributed by atoms with van der Waals surface area (Å²) in [6.07, 6.45) is 3.59. The molecule has 0 bridgehead atoms. The number of hydrogen-bond acceptors (Lipinski definition) is 3. The highest BCUT2D eigenvalue weighted by Gasteiger charge is 2.23. The molecular weight excluding hydrogens is 352 g/mol. The average Bonchev–Trinajstić information content (AvgIpc) is 3.18. The number of amides is 2. The summed E-state index contributed by atoms with van der Waals surface area (Å²) in [6, 6.07) is 15.5. The summed E-state index contributed by atoms with van der Waals surface area (Å²) in [5, 5.41) is 3.04. The normalized spacial score (nSPS) is 18.7. The minimum absolute atomic E-state index is 0.0533. The van der Waals surface area contributed by atoms with Crippen LogP contribution in [0, 0.1) is 5.92 Å². The fourth-order valence-electron chi connectivity index (χ4n) is 3.92. The molecule has 2 aliphatic rings. The number of likely N-dealkylation sites (tertiary alicyclic amines) is 1. The number of hydrogen-bond donors (Lipinski definition) is 1. The van der Waals surface area contributed by atoms with Crippen molar-refractivity contribution in [3.05, 3.63) is 65.2 Å². The zero-order chi connectivity index (χ0) is 19.3. The Labute approximate surface area is 165 Å². The number of fused-ring (bicyclic) bond motifs is 1. The molecule has 146 valence electrons. The van der Waals surface area contributed by atoms with Crippen LogP contribution < -0.4 is 10.1 Å². The third-order valence-electron chi connectivity index (χ3n) is 5.59. The number of carbonyl (C=O) groups excluding carboxylic acids is 2. The van der Waals surface area contributed by atoms with Gasteiger partial charge in [-0.2, -0.15) is 0 Å². The van der Waals surface area contributed by atoms with E-state index in [0.717, 1.165) is 48.4 Å².